The van der Waals surface area contributed by atoms with Gasteiger partial charge in [0.1, 0.15) is 23.1 Å². The minimum atomic E-state index is -1.06. The number of fused-ring (bicyclic) bond motifs is 1. The molecule has 2 unspecified atom stereocenters. The molecule has 1 N–H and O–H groups in total. The molecule has 0 saturated carbocycles. The van der Waals surface area contributed by atoms with Crippen LogP contribution in [0.15, 0.2) is 6.20 Å². The molecule has 3 rings (SSSR count). The molecule has 2 radical (unpaired) electrons. The van der Waals surface area contributed by atoms with Crippen LogP contribution in [0, 0.1) is 5.82 Å². The van der Waals surface area contributed by atoms with E-state index in [4.69, 9.17) is 28.9 Å². The van der Waals surface area contributed by atoms with Crippen molar-refractivity contribution >= 4 is 61.4 Å². The van der Waals surface area contributed by atoms with E-state index in [1.54, 1.807) is 11.8 Å². The van der Waals surface area contributed by atoms with Crippen molar-refractivity contribution in [1.82, 2.24) is 15.0 Å². The van der Waals surface area contributed by atoms with Gasteiger partial charge in [-0.3, -0.25) is 0 Å². The number of alkyl halides is 1. The Morgan fingerprint density at radius 3 is 2.66 bits per heavy atom. The molecule has 3 heterocycles. The first-order valence-electron chi connectivity index (χ1n) is 11.3. The van der Waals surface area contributed by atoms with E-state index in [9.17, 15) is 13.9 Å². The van der Waals surface area contributed by atoms with Crippen LogP contribution in [0.3, 0.4) is 0 Å². The number of unbranched alkanes of at least 4 members (excludes halogenated alkanes) is 1. The molecule has 1 aliphatic rings. The topological polar surface area (TPSA) is 80.6 Å². The largest absolute Gasteiger partial charge is 0.467 e. The highest BCUT2D eigenvalue weighted by molar-refractivity contribution is 7.80. The lowest BCUT2D eigenvalue weighted by molar-refractivity contribution is -0.0123. The second kappa shape index (κ2) is 16.6. The van der Waals surface area contributed by atoms with Gasteiger partial charge in [-0.1, -0.05) is 37.7 Å². The van der Waals surface area contributed by atoms with Gasteiger partial charge >= 0.3 is 6.01 Å². The Morgan fingerprint density at radius 2 is 2.09 bits per heavy atom. The van der Waals surface area contributed by atoms with Crippen molar-refractivity contribution in [3.05, 3.63) is 17.2 Å². The van der Waals surface area contributed by atoms with Crippen molar-refractivity contribution in [2.75, 3.05) is 49.8 Å². The summed E-state index contributed by atoms with van der Waals surface area (Å²) in [5.41, 5.74) is -1.03. The van der Waals surface area contributed by atoms with Gasteiger partial charge in [0.25, 0.3) is 0 Å². The summed E-state index contributed by atoms with van der Waals surface area (Å²) < 4.78 is 37.0. The third-order valence-corrected chi connectivity index (χ3v) is 5.65. The Labute approximate surface area is 223 Å². The van der Waals surface area contributed by atoms with Crippen molar-refractivity contribution in [2.24, 2.45) is 0 Å². The summed E-state index contributed by atoms with van der Waals surface area (Å²) in [6.45, 7) is 5.10. The number of β-amino-alcohol motifs (C(OH)–C–C–N with tert-alkyl or cyclic N) is 1. The van der Waals surface area contributed by atoms with Crippen LogP contribution >= 0.6 is 36.9 Å². The number of aromatic nitrogens is 3. The first-order chi connectivity index (χ1) is 16.6. The van der Waals surface area contributed by atoms with Crippen LogP contribution in [0.1, 0.15) is 33.1 Å². The van der Waals surface area contributed by atoms with Crippen LogP contribution in [0.2, 0.25) is 11.5 Å². The molecule has 0 bridgehead atoms. The Balaban J connectivity index is 0.000000427. The van der Waals surface area contributed by atoms with Crippen molar-refractivity contribution in [3.8, 4) is 6.01 Å². The number of methoxy groups -OCH3 is 1. The lowest BCUT2D eigenvalue weighted by Gasteiger charge is -2.28. The highest BCUT2D eigenvalue weighted by Crippen LogP contribution is 2.31. The zero-order valence-corrected chi connectivity index (χ0v) is 22.9. The van der Waals surface area contributed by atoms with Gasteiger partial charge in [0, 0.05) is 18.5 Å². The minimum Gasteiger partial charge on any atom is -0.467 e. The summed E-state index contributed by atoms with van der Waals surface area (Å²) in [5, 5.41) is 10.5. The maximum Gasteiger partial charge on any atom is 0.318 e. The Morgan fingerprint density at radius 1 is 1.40 bits per heavy atom. The molecule has 2 aromatic heterocycles. The summed E-state index contributed by atoms with van der Waals surface area (Å²) in [7, 11) is 6.35. The van der Waals surface area contributed by atoms with E-state index in [1.807, 2.05) is 0 Å². The number of aliphatic hydroxyl groups is 1. The molecule has 13 heteroatoms. The smallest absolute Gasteiger partial charge is 0.318 e. The Kier molecular flexibility index (Phi) is 15.2. The molecule has 35 heavy (non-hydrogen) atoms. The van der Waals surface area contributed by atoms with E-state index in [1.165, 1.54) is 13.3 Å². The quantitative estimate of drug-likeness (QED) is 0.268. The fourth-order valence-electron chi connectivity index (χ4n) is 3.03. The summed E-state index contributed by atoms with van der Waals surface area (Å²) in [5.74, 6) is 0.852. The van der Waals surface area contributed by atoms with E-state index in [0.29, 0.717) is 42.8 Å². The van der Waals surface area contributed by atoms with E-state index in [2.05, 4.69) is 47.1 Å². The number of thiol groups is 2. The number of rotatable bonds is 7. The van der Waals surface area contributed by atoms with Gasteiger partial charge in [-0.25, -0.2) is 13.8 Å². The third kappa shape index (κ3) is 10.8. The average molecular weight is 551 g/mol. The molecule has 196 valence electrons. The second-order valence-electron chi connectivity index (χ2n) is 8.06. The zero-order chi connectivity index (χ0) is 26.4. The van der Waals surface area contributed by atoms with Gasteiger partial charge in [-0.05, 0) is 19.1 Å². The van der Waals surface area contributed by atoms with Crippen LogP contribution in [-0.4, -0.2) is 84.6 Å². The molecule has 0 aromatic carbocycles. The molecule has 1 aliphatic heterocycles. The molecule has 0 spiro atoms. The van der Waals surface area contributed by atoms with E-state index in [-0.39, 0.29) is 29.8 Å². The Bertz CT molecular complexity index is 903. The van der Waals surface area contributed by atoms with E-state index in [0.717, 1.165) is 18.6 Å². The van der Waals surface area contributed by atoms with Crippen molar-refractivity contribution < 1.29 is 23.4 Å². The highest BCUT2D eigenvalue weighted by atomic mass is 35.5. The number of halogens is 3. The molecule has 1 saturated heterocycles. The number of ether oxygens (including phenoxy) is 2. The lowest BCUT2D eigenvalue weighted by atomic mass is 10.1. The van der Waals surface area contributed by atoms with Crippen molar-refractivity contribution in [2.45, 2.75) is 51.2 Å². The monoisotopic (exact) mass is 550 g/mol. The van der Waals surface area contributed by atoms with Gasteiger partial charge < -0.3 is 19.5 Å². The number of hydrogen-bond acceptors (Lipinski definition) is 9. The summed E-state index contributed by atoms with van der Waals surface area (Å²) in [6, 6.07) is 0.0125. The van der Waals surface area contributed by atoms with Crippen LogP contribution in [0.5, 0.6) is 6.01 Å². The zero-order valence-electron chi connectivity index (χ0n) is 20.4. The maximum absolute atomic E-state index is 14.3. The molecule has 2 atom stereocenters. The SMILES string of the molecule is CCCCC(F)CS.COc1nc(N2CCOCC(C)(O)C2)c2cnc(Cl)c(F)c2n1.[B]CCS. The first kappa shape index (κ1) is 32.0. The predicted octanol–water partition coefficient (Wildman–Crippen LogP) is 4.36. The maximum atomic E-state index is 14.3. The van der Waals surface area contributed by atoms with Crippen molar-refractivity contribution in [1.29, 1.82) is 0 Å². The standard InChI is InChI=1S/C14H16ClFN4O3.C6H13FS.C2H5BS/c1-14(21)6-20(3-4-23-7-14)12-8-5-17-11(15)9(16)10(8)18-13(19-12)22-2;1-2-3-4-6(7)5-8;3-1-2-4/h5,21H,3-4,6-7H2,1-2H3;6,8H,2-5H2,1H3;4H,1-2H2. The molecule has 1 fully saturated rings. The van der Waals surface area contributed by atoms with Gasteiger partial charge in [0.05, 0.1) is 40.1 Å². The van der Waals surface area contributed by atoms with E-state index < -0.39 is 17.6 Å². The van der Waals surface area contributed by atoms with Crippen LogP contribution in [-0.2, 0) is 4.74 Å². The number of pyridine rings is 1. The van der Waals surface area contributed by atoms with E-state index >= 15 is 0 Å². The normalized spacial score (nSPS) is 18.6. The van der Waals surface area contributed by atoms with Gasteiger partial charge in [-0.15, -0.1) is 0 Å². The van der Waals surface area contributed by atoms with Gasteiger partial charge in [0.15, 0.2) is 11.0 Å². The van der Waals surface area contributed by atoms with Gasteiger partial charge in [0.2, 0.25) is 0 Å². The Hall–Kier alpha value is -1.08. The predicted molar refractivity (Wildman–Crippen MR) is 145 cm³/mol. The average Bonchev–Trinajstić information content (AvgIpc) is 3.04. The first-order valence-corrected chi connectivity index (χ1v) is 12.9. The van der Waals surface area contributed by atoms with Crippen LogP contribution < -0.4 is 9.64 Å². The van der Waals surface area contributed by atoms with Crippen molar-refractivity contribution in [3.63, 3.8) is 0 Å². The summed E-state index contributed by atoms with van der Waals surface area (Å²) in [4.78, 5) is 13.9. The fraction of sp³-hybridized carbons (Fsp3) is 0.682. The minimum absolute atomic E-state index is 0.0125. The summed E-state index contributed by atoms with van der Waals surface area (Å²) in [6.07, 6.45) is 4.16. The van der Waals surface area contributed by atoms with Gasteiger partial charge in [-0.2, -0.15) is 35.2 Å². The number of anilines is 1. The number of nitrogens with zero attached hydrogens (tertiary/aromatic N) is 4. The molecular formula is C22H34BClF2N4O3S2. The van der Waals surface area contributed by atoms with Crippen LogP contribution in [0.4, 0.5) is 14.6 Å². The third-order valence-electron chi connectivity index (χ3n) is 4.73. The second-order valence-corrected chi connectivity index (χ2v) is 9.24. The molecule has 0 amide bonds. The summed E-state index contributed by atoms with van der Waals surface area (Å²) >= 11 is 13.3. The number of hydrogen-bond donors (Lipinski definition) is 3. The lowest BCUT2D eigenvalue weighted by Crippen LogP contribution is -2.42. The van der Waals surface area contributed by atoms with Crippen LogP contribution in [0.25, 0.3) is 10.9 Å². The molecule has 7 nitrogen and oxygen atoms in total. The molecular weight excluding hydrogens is 517 g/mol. The molecule has 2 aromatic rings. The molecule has 0 aliphatic carbocycles. The highest BCUT2D eigenvalue weighted by Gasteiger charge is 2.30. The fourth-order valence-corrected chi connectivity index (χ4v) is 3.35.